The number of carbonyl (C=O) groups excluding carboxylic acids is 1. The van der Waals surface area contributed by atoms with E-state index in [2.05, 4.69) is 10.2 Å². The molecule has 5 heteroatoms. The number of anilines is 2. The van der Waals surface area contributed by atoms with Crippen LogP contribution in [0.1, 0.15) is 30.4 Å². The molecule has 3 rings (SSSR count). The van der Waals surface area contributed by atoms with Crippen molar-refractivity contribution in [3.05, 3.63) is 59.2 Å². The third kappa shape index (κ3) is 4.72. The van der Waals surface area contributed by atoms with Crippen molar-refractivity contribution in [3.8, 4) is 11.8 Å². The molecule has 1 saturated heterocycles. The molecule has 2 aromatic rings. The van der Waals surface area contributed by atoms with Crippen LogP contribution in [0.4, 0.5) is 11.4 Å². The van der Waals surface area contributed by atoms with Crippen LogP contribution < -0.4 is 15.0 Å². The van der Waals surface area contributed by atoms with Crippen molar-refractivity contribution in [2.45, 2.75) is 26.2 Å². The minimum atomic E-state index is -0.437. The highest BCUT2D eigenvalue weighted by molar-refractivity contribution is 6.09. The van der Waals surface area contributed by atoms with Gasteiger partial charge in [-0.1, -0.05) is 17.7 Å². The summed E-state index contributed by atoms with van der Waals surface area (Å²) in [5, 5.41) is 12.2. The molecule has 28 heavy (non-hydrogen) atoms. The summed E-state index contributed by atoms with van der Waals surface area (Å²) in [6, 6.07) is 15.3. The van der Waals surface area contributed by atoms with E-state index >= 15 is 0 Å². The van der Waals surface area contributed by atoms with Crippen molar-refractivity contribution in [1.29, 1.82) is 5.26 Å². The van der Waals surface area contributed by atoms with Crippen molar-refractivity contribution in [2.24, 2.45) is 0 Å². The third-order valence-electron chi connectivity index (χ3n) is 4.91. The average Bonchev–Trinajstić information content (AvgIpc) is 2.74. The average molecular weight is 375 g/mol. The zero-order chi connectivity index (χ0) is 19.9. The number of piperidine rings is 1. The maximum Gasteiger partial charge on any atom is 0.266 e. The Hall–Kier alpha value is -3.26. The van der Waals surface area contributed by atoms with Crippen LogP contribution in [-0.2, 0) is 4.79 Å². The molecule has 1 heterocycles. The first kappa shape index (κ1) is 19.5. The van der Waals surface area contributed by atoms with Gasteiger partial charge in [0.15, 0.2) is 0 Å². The normalized spacial score (nSPS) is 14.3. The van der Waals surface area contributed by atoms with E-state index in [1.54, 1.807) is 13.2 Å². The van der Waals surface area contributed by atoms with Gasteiger partial charge >= 0.3 is 0 Å². The SMILES string of the molecule is COc1cc(N2CCCCC2)ccc1/C=C(/C#N)C(=O)Nc1ccc(C)cc1. The number of amides is 1. The molecule has 144 valence electrons. The second-order valence-electron chi connectivity index (χ2n) is 6.96. The molecule has 0 aliphatic carbocycles. The van der Waals surface area contributed by atoms with Gasteiger partial charge in [-0.15, -0.1) is 0 Å². The molecule has 1 aliphatic rings. The van der Waals surface area contributed by atoms with Gasteiger partial charge in [0.05, 0.1) is 7.11 Å². The molecule has 0 radical (unpaired) electrons. The van der Waals surface area contributed by atoms with Crippen LogP contribution in [0.5, 0.6) is 5.75 Å². The number of nitriles is 1. The molecule has 2 aromatic carbocycles. The second kappa shape index (κ2) is 9.09. The van der Waals surface area contributed by atoms with Gasteiger partial charge in [0.25, 0.3) is 5.91 Å². The standard InChI is InChI=1S/C23H25N3O2/c1-17-6-9-20(10-7-17)25-23(27)19(16-24)14-18-8-11-21(15-22(18)28-2)26-12-4-3-5-13-26/h6-11,14-15H,3-5,12-13H2,1-2H3,(H,25,27)/b19-14-. The highest BCUT2D eigenvalue weighted by atomic mass is 16.5. The summed E-state index contributed by atoms with van der Waals surface area (Å²) in [4.78, 5) is 14.8. The van der Waals surface area contributed by atoms with Crippen LogP contribution in [-0.4, -0.2) is 26.1 Å². The maximum atomic E-state index is 12.5. The van der Waals surface area contributed by atoms with Crippen molar-refractivity contribution in [1.82, 2.24) is 0 Å². The minimum Gasteiger partial charge on any atom is -0.496 e. The number of nitrogens with zero attached hydrogens (tertiary/aromatic N) is 2. The van der Waals surface area contributed by atoms with Crippen molar-refractivity contribution in [2.75, 3.05) is 30.4 Å². The lowest BCUT2D eigenvalue weighted by molar-refractivity contribution is -0.112. The Morgan fingerprint density at radius 1 is 1.14 bits per heavy atom. The molecular formula is C23H25N3O2. The fourth-order valence-electron chi connectivity index (χ4n) is 3.31. The van der Waals surface area contributed by atoms with Crippen LogP contribution >= 0.6 is 0 Å². The minimum absolute atomic E-state index is 0.0320. The van der Waals surface area contributed by atoms with Crippen LogP contribution in [0, 0.1) is 18.3 Å². The molecule has 1 aliphatic heterocycles. The Morgan fingerprint density at radius 2 is 1.86 bits per heavy atom. The van der Waals surface area contributed by atoms with E-state index in [-0.39, 0.29) is 5.57 Å². The Kier molecular flexibility index (Phi) is 6.33. The smallest absolute Gasteiger partial charge is 0.266 e. The first-order chi connectivity index (χ1) is 13.6. The first-order valence-corrected chi connectivity index (χ1v) is 9.53. The van der Waals surface area contributed by atoms with Gasteiger partial charge in [-0.2, -0.15) is 5.26 Å². The van der Waals surface area contributed by atoms with E-state index in [4.69, 9.17) is 4.74 Å². The van der Waals surface area contributed by atoms with Crippen molar-refractivity contribution < 1.29 is 9.53 Å². The summed E-state index contributed by atoms with van der Waals surface area (Å²) in [5.74, 6) is 0.215. The van der Waals surface area contributed by atoms with Crippen LogP contribution in [0.25, 0.3) is 6.08 Å². The fraction of sp³-hybridized carbons (Fsp3) is 0.304. The van der Waals surface area contributed by atoms with Gasteiger partial charge in [-0.25, -0.2) is 0 Å². The number of hydrogen-bond acceptors (Lipinski definition) is 4. The van der Waals surface area contributed by atoms with E-state index in [0.717, 1.165) is 24.3 Å². The molecule has 1 N–H and O–H groups in total. The predicted molar refractivity (Wildman–Crippen MR) is 112 cm³/mol. The van der Waals surface area contributed by atoms with E-state index in [0.29, 0.717) is 17.0 Å². The highest BCUT2D eigenvalue weighted by Gasteiger charge is 2.15. The fourth-order valence-corrected chi connectivity index (χ4v) is 3.31. The summed E-state index contributed by atoms with van der Waals surface area (Å²) < 4.78 is 5.52. The summed E-state index contributed by atoms with van der Waals surface area (Å²) in [6.07, 6.45) is 5.24. The van der Waals surface area contributed by atoms with Gasteiger partial charge < -0.3 is 15.0 Å². The number of hydrogen-bond donors (Lipinski definition) is 1. The van der Waals surface area contributed by atoms with Gasteiger partial charge in [0.2, 0.25) is 0 Å². The van der Waals surface area contributed by atoms with E-state index in [1.165, 1.54) is 19.3 Å². The summed E-state index contributed by atoms with van der Waals surface area (Å²) >= 11 is 0. The number of nitrogens with one attached hydrogen (secondary N) is 1. The molecule has 0 bridgehead atoms. The third-order valence-corrected chi connectivity index (χ3v) is 4.91. The molecule has 5 nitrogen and oxygen atoms in total. The van der Waals surface area contributed by atoms with E-state index < -0.39 is 5.91 Å². The highest BCUT2D eigenvalue weighted by Crippen LogP contribution is 2.29. The zero-order valence-electron chi connectivity index (χ0n) is 16.4. The van der Waals surface area contributed by atoms with Gasteiger partial charge in [-0.3, -0.25) is 4.79 Å². The number of rotatable bonds is 5. The van der Waals surface area contributed by atoms with Gasteiger partial charge in [0.1, 0.15) is 17.4 Å². The summed E-state index contributed by atoms with van der Waals surface area (Å²) in [5.41, 5.74) is 3.61. The van der Waals surface area contributed by atoms with Crippen LogP contribution in [0.3, 0.4) is 0 Å². The lowest BCUT2D eigenvalue weighted by atomic mass is 10.1. The number of ether oxygens (including phenoxy) is 1. The Balaban J connectivity index is 1.81. The lowest BCUT2D eigenvalue weighted by Gasteiger charge is -2.29. The topological polar surface area (TPSA) is 65.4 Å². The molecule has 0 spiro atoms. The Bertz CT molecular complexity index is 904. The predicted octanol–water partition coefficient (Wildman–Crippen LogP) is 4.54. The van der Waals surface area contributed by atoms with Gasteiger partial charge in [-0.05, 0) is 56.5 Å². The maximum absolute atomic E-state index is 12.5. The number of aryl methyl sites for hydroxylation is 1. The number of benzene rings is 2. The monoisotopic (exact) mass is 375 g/mol. The molecule has 1 fully saturated rings. The quantitative estimate of drug-likeness (QED) is 0.615. The molecule has 1 amide bonds. The Labute approximate surface area is 166 Å². The first-order valence-electron chi connectivity index (χ1n) is 9.53. The molecule has 0 unspecified atom stereocenters. The van der Waals surface area contributed by atoms with Gasteiger partial charge in [0, 0.05) is 36.1 Å². The summed E-state index contributed by atoms with van der Waals surface area (Å²) in [7, 11) is 1.60. The van der Waals surface area contributed by atoms with E-state index in [9.17, 15) is 10.1 Å². The molecule has 0 aromatic heterocycles. The second-order valence-corrected chi connectivity index (χ2v) is 6.96. The molecule has 0 saturated carbocycles. The van der Waals surface area contributed by atoms with Crippen LogP contribution in [0.2, 0.25) is 0 Å². The van der Waals surface area contributed by atoms with E-state index in [1.807, 2.05) is 55.5 Å². The van der Waals surface area contributed by atoms with Crippen molar-refractivity contribution in [3.63, 3.8) is 0 Å². The zero-order valence-corrected chi connectivity index (χ0v) is 16.4. The lowest BCUT2D eigenvalue weighted by Crippen LogP contribution is -2.29. The largest absolute Gasteiger partial charge is 0.496 e. The van der Waals surface area contributed by atoms with Crippen molar-refractivity contribution >= 4 is 23.4 Å². The van der Waals surface area contributed by atoms with Crippen LogP contribution in [0.15, 0.2) is 48.0 Å². The Morgan fingerprint density at radius 3 is 2.50 bits per heavy atom. The number of carbonyl (C=O) groups is 1. The summed E-state index contributed by atoms with van der Waals surface area (Å²) in [6.45, 7) is 4.06. The number of methoxy groups -OCH3 is 1. The molecule has 0 atom stereocenters. The molecular weight excluding hydrogens is 350 g/mol.